The summed E-state index contributed by atoms with van der Waals surface area (Å²) in [5.74, 6) is 0.352. The Balaban J connectivity index is 1.98. The third kappa shape index (κ3) is 2.31. The van der Waals surface area contributed by atoms with Crippen molar-refractivity contribution in [2.45, 2.75) is 0 Å². The van der Waals surface area contributed by atoms with E-state index in [1.165, 1.54) is 0 Å². The number of aromatic nitrogens is 1. The Labute approximate surface area is 116 Å². The Morgan fingerprint density at radius 3 is 2.25 bits per heavy atom. The average molecular weight is 264 g/mol. The first-order valence-electron chi connectivity index (χ1n) is 6.21. The summed E-state index contributed by atoms with van der Waals surface area (Å²) in [6.07, 6.45) is 0.754. The van der Waals surface area contributed by atoms with E-state index in [0.717, 1.165) is 17.5 Å². The van der Waals surface area contributed by atoms with Crippen LogP contribution in [0.25, 0.3) is 11.3 Å². The minimum atomic E-state index is 0.352. The van der Waals surface area contributed by atoms with Gasteiger partial charge in [0, 0.05) is 11.3 Å². The van der Waals surface area contributed by atoms with Crippen LogP contribution in [0.3, 0.4) is 0 Å². The molecule has 0 atom stereocenters. The van der Waals surface area contributed by atoms with Crippen LogP contribution in [0.1, 0.15) is 10.4 Å². The van der Waals surface area contributed by atoms with Gasteiger partial charge in [0.25, 0.3) is 0 Å². The minimum absolute atomic E-state index is 0.352. The molecule has 0 aliphatic heterocycles. The van der Waals surface area contributed by atoms with E-state index in [9.17, 15) is 4.79 Å². The van der Waals surface area contributed by atoms with Gasteiger partial charge in [0.15, 0.2) is 6.29 Å². The van der Waals surface area contributed by atoms with Crippen molar-refractivity contribution in [3.8, 4) is 11.3 Å². The highest BCUT2D eigenvalue weighted by Gasteiger charge is 2.16. The fourth-order valence-electron chi connectivity index (χ4n) is 1.95. The summed E-state index contributed by atoms with van der Waals surface area (Å²) in [5.41, 5.74) is 2.64. The molecule has 0 saturated heterocycles. The lowest BCUT2D eigenvalue weighted by Crippen LogP contribution is -1.92. The molecule has 0 saturated carbocycles. The number of aldehydes is 1. The van der Waals surface area contributed by atoms with Crippen molar-refractivity contribution in [1.29, 1.82) is 0 Å². The second-order valence-electron chi connectivity index (χ2n) is 4.25. The number of benzene rings is 2. The fourth-order valence-corrected chi connectivity index (χ4v) is 1.95. The van der Waals surface area contributed by atoms with E-state index in [4.69, 9.17) is 4.52 Å². The number of hydrogen-bond donors (Lipinski definition) is 1. The zero-order valence-electron chi connectivity index (χ0n) is 10.6. The minimum Gasteiger partial charge on any atom is -0.337 e. The Hall–Kier alpha value is -2.88. The van der Waals surface area contributed by atoms with Crippen LogP contribution < -0.4 is 5.32 Å². The second kappa shape index (κ2) is 5.40. The Kier molecular flexibility index (Phi) is 3.29. The predicted molar refractivity (Wildman–Crippen MR) is 77.1 cm³/mol. The van der Waals surface area contributed by atoms with Gasteiger partial charge >= 0.3 is 0 Å². The van der Waals surface area contributed by atoms with Gasteiger partial charge in [-0.25, -0.2) is 0 Å². The van der Waals surface area contributed by atoms with Crippen LogP contribution in [-0.2, 0) is 0 Å². The molecular weight excluding hydrogens is 252 g/mol. The predicted octanol–water partition coefficient (Wildman–Crippen LogP) is 3.90. The molecule has 0 aliphatic rings. The smallest absolute Gasteiger partial charge is 0.240 e. The molecule has 0 amide bonds. The topological polar surface area (TPSA) is 55.1 Å². The van der Waals surface area contributed by atoms with Crippen LogP contribution in [0.5, 0.6) is 0 Å². The lowest BCUT2D eigenvalue weighted by Gasteiger charge is -2.02. The Bertz CT molecular complexity index is 706. The molecule has 1 N–H and O–H groups in total. The van der Waals surface area contributed by atoms with Gasteiger partial charge in [-0.2, -0.15) is 0 Å². The average Bonchev–Trinajstić information content (AvgIpc) is 2.92. The quantitative estimate of drug-likeness (QED) is 0.726. The standard InChI is InChI=1S/C16H12N2O2/c19-11-14-15(12-7-3-1-4-8-12)18-20-16(14)17-13-9-5-2-6-10-13/h1-11,17H. The number of anilines is 2. The van der Waals surface area contributed by atoms with Crippen molar-refractivity contribution in [3.63, 3.8) is 0 Å². The third-order valence-electron chi connectivity index (χ3n) is 2.92. The third-order valence-corrected chi connectivity index (χ3v) is 2.92. The number of para-hydroxylation sites is 1. The van der Waals surface area contributed by atoms with Crippen molar-refractivity contribution in [3.05, 3.63) is 66.2 Å². The molecule has 0 fully saturated rings. The first-order valence-corrected chi connectivity index (χ1v) is 6.21. The molecule has 1 aromatic heterocycles. The fraction of sp³-hybridized carbons (Fsp3) is 0. The van der Waals surface area contributed by atoms with Gasteiger partial charge in [-0.15, -0.1) is 0 Å². The zero-order chi connectivity index (χ0) is 13.8. The Morgan fingerprint density at radius 1 is 0.950 bits per heavy atom. The van der Waals surface area contributed by atoms with Crippen LogP contribution >= 0.6 is 0 Å². The molecule has 3 aromatic rings. The number of nitrogens with one attached hydrogen (secondary N) is 1. The van der Waals surface area contributed by atoms with Crippen molar-refractivity contribution < 1.29 is 9.32 Å². The van der Waals surface area contributed by atoms with E-state index in [0.29, 0.717) is 17.1 Å². The molecule has 0 spiro atoms. The summed E-state index contributed by atoms with van der Waals surface area (Å²) in [4.78, 5) is 11.3. The number of carbonyl (C=O) groups is 1. The monoisotopic (exact) mass is 264 g/mol. The highest BCUT2D eigenvalue weighted by Crippen LogP contribution is 2.29. The van der Waals surface area contributed by atoms with Crippen molar-refractivity contribution in [2.75, 3.05) is 5.32 Å². The molecule has 3 rings (SSSR count). The molecule has 20 heavy (non-hydrogen) atoms. The van der Waals surface area contributed by atoms with E-state index in [1.807, 2.05) is 60.7 Å². The molecule has 2 aromatic carbocycles. The molecule has 4 nitrogen and oxygen atoms in total. The second-order valence-corrected chi connectivity index (χ2v) is 4.25. The van der Waals surface area contributed by atoms with Crippen molar-refractivity contribution in [2.24, 2.45) is 0 Å². The Morgan fingerprint density at radius 2 is 1.60 bits per heavy atom. The van der Waals surface area contributed by atoms with Gasteiger partial charge in [-0.1, -0.05) is 53.7 Å². The highest BCUT2D eigenvalue weighted by atomic mass is 16.5. The van der Waals surface area contributed by atoms with Crippen LogP contribution in [-0.4, -0.2) is 11.4 Å². The first-order chi connectivity index (χ1) is 9.88. The maximum Gasteiger partial charge on any atom is 0.240 e. The summed E-state index contributed by atoms with van der Waals surface area (Å²) in [6.45, 7) is 0. The lowest BCUT2D eigenvalue weighted by atomic mass is 10.1. The summed E-state index contributed by atoms with van der Waals surface area (Å²) < 4.78 is 5.25. The molecule has 0 aliphatic carbocycles. The van der Waals surface area contributed by atoms with Crippen molar-refractivity contribution in [1.82, 2.24) is 5.16 Å². The van der Waals surface area contributed by atoms with Crippen LogP contribution in [0.2, 0.25) is 0 Å². The van der Waals surface area contributed by atoms with E-state index in [2.05, 4.69) is 10.5 Å². The van der Waals surface area contributed by atoms with Gasteiger partial charge in [-0.3, -0.25) is 4.79 Å². The van der Waals surface area contributed by atoms with E-state index < -0.39 is 0 Å². The number of carbonyl (C=O) groups excluding carboxylic acids is 1. The molecular formula is C16H12N2O2. The van der Waals surface area contributed by atoms with Crippen molar-refractivity contribution >= 4 is 17.9 Å². The zero-order valence-corrected chi connectivity index (χ0v) is 10.6. The molecule has 98 valence electrons. The maximum absolute atomic E-state index is 11.3. The van der Waals surface area contributed by atoms with Gasteiger partial charge in [0.2, 0.25) is 5.88 Å². The van der Waals surface area contributed by atoms with Gasteiger partial charge in [-0.05, 0) is 12.1 Å². The van der Waals surface area contributed by atoms with Gasteiger partial charge in [0.05, 0.1) is 0 Å². The molecule has 0 bridgehead atoms. The maximum atomic E-state index is 11.3. The van der Waals surface area contributed by atoms with Gasteiger partial charge < -0.3 is 9.84 Å². The SMILES string of the molecule is O=Cc1c(-c2ccccc2)noc1Nc1ccccc1. The first kappa shape index (κ1) is 12.2. The normalized spacial score (nSPS) is 10.2. The number of nitrogens with zero attached hydrogens (tertiary/aromatic N) is 1. The van der Waals surface area contributed by atoms with Gasteiger partial charge in [0.1, 0.15) is 11.3 Å². The van der Waals surface area contributed by atoms with E-state index in [1.54, 1.807) is 0 Å². The van der Waals surface area contributed by atoms with E-state index in [-0.39, 0.29) is 0 Å². The summed E-state index contributed by atoms with van der Waals surface area (Å²) in [6, 6.07) is 19.0. The van der Waals surface area contributed by atoms with E-state index >= 15 is 0 Å². The summed E-state index contributed by atoms with van der Waals surface area (Å²) >= 11 is 0. The van der Waals surface area contributed by atoms with Crippen LogP contribution in [0.4, 0.5) is 11.6 Å². The molecule has 1 heterocycles. The summed E-state index contributed by atoms with van der Waals surface area (Å²) in [7, 11) is 0. The van der Waals surface area contributed by atoms with Crippen LogP contribution in [0.15, 0.2) is 65.2 Å². The van der Waals surface area contributed by atoms with Crippen LogP contribution in [0, 0.1) is 0 Å². The highest BCUT2D eigenvalue weighted by molar-refractivity contribution is 5.92. The molecule has 4 heteroatoms. The lowest BCUT2D eigenvalue weighted by molar-refractivity contribution is 0.112. The molecule has 0 unspecified atom stereocenters. The number of rotatable bonds is 4. The summed E-state index contributed by atoms with van der Waals surface area (Å²) in [5, 5.41) is 7.04. The number of hydrogen-bond acceptors (Lipinski definition) is 4. The largest absolute Gasteiger partial charge is 0.337 e. The molecule has 0 radical (unpaired) electrons.